The van der Waals surface area contributed by atoms with E-state index in [0.717, 1.165) is 48.5 Å². The maximum Gasteiger partial charge on any atom is 0.234 e. The molecule has 7 heteroatoms. The Bertz CT molecular complexity index is 969. The number of rotatable bonds is 6. The largest absolute Gasteiger partial charge is 0.383 e. The zero-order valence-corrected chi connectivity index (χ0v) is 16.4. The molecule has 7 nitrogen and oxygen atoms in total. The van der Waals surface area contributed by atoms with Gasteiger partial charge < -0.3 is 11.1 Å². The Morgan fingerprint density at radius 1 is 0.931 bits per heavy atom. The highest BCUT2D eigenvalue weighted by molar-refractivity contribution is 5.87. The van der Waals surface area contributed by atoms with Gasteiger partial charge in [-0.25, -0.2) is 9.97 Å². The highest BCUT2D eigenvalue weighted by Gasteiger charge is 2.20. The maximum absolute atomic E-state index is 12.2. The van der Waals surface area contributed by atoms with Gasteiger partial charge in [0.15, 0.2) is 0 Å². The summed E-state index contributed by atoms with van der Waals surface area (Å²) >= 11 is 0. The number of nitrogens with one attached hydrogen (secondary N) is 1. The molecule has 1 fully saturated rings. The van der Waals surface area contributed by atoms with Gasteiger partial charge >= 0.3 is 0 Å². The number of carbonyl (C=O) groups excluding carboxylic acids is 1. The average molecular weight is 390 g/mol. The zero-order chi connectivity index (χ0) is 20.1. The molecular formula is C22H26N6O. The third kappa shape index (κ3) is 5.07. The van der Waals surface area contributed by atoms with Crippen molar-refractivity contribution < 1.29 is 4.79 Å². The second-order valence-electron chi connectivity index (χ2n) is 7.36. The van der Waals surface area contributed by atoms with Gasteiger partial charge in [0.25, 0.3) is 0 Å². The van der Waals surface area contributed by atoms with E-state index >= 15 is 0 Å². The van der Waals surface area contributed by atoms with Crippen molar-refractivity contribution in [1.29, 1.82) is 0 Å². The van der Waals surface area contributed by atoms with Crippen LogP contribution in [0.2, 0.25) is 0 Å². The summed E-state index contributed by atoms with van der Waals surface area (Å²) in [5, 5.41) is 3.88. The first kappa shape index (κ1) is 19.3. The molecule has 2 aromatic carbocycles. The maximum atomic E-state index is 12.2. The molecule has 1 aliphatic rings. The van der Waals surface area contributed by atoms with Crippen LogP contribution >= 0.6 is 0 Å². The van der Waals surface area contributed by atoms with Crippen LogP contribution in [-0.2, 0) is 17.9 Å². The topological polar surface area (TPSA) is 87.4 Å². The van der Waals surface area contributed by atoms with Gasteiger partial charge in [0.1, 0.15) is 11.6 Å². The number of nitrogens with zero attached hydrogens (tertiary/aromatic N) is 4. The molecule has 150 valence electrons. The van der Waals surface area contributed by atoms with Crippen molar-refractivity contribution in [2.75, 3.05) is 38.5 Å². The standard InChI is InChI=1S/C22H26N6O/c23-22-18-8-4-5-9-19(18)25-20(26-22)15-27-10-12-28(13-11-27)16-21(29)24-14-17-6-2-1-3-7-17/h1-9H,10-16H2,(H,24,29)(H2,23,25,26). The molecule has 1 aliphatic heterocycles. The molecule has 1 saturated heterocycles. The van der Waals surface area contributed by atoms with Crippen LogP contribution < -0.4 is 11.1 Å². The summed E-state index contributed by atoms with van der Waals surface area (Å²) in [4.78, 5) is 25.8. The molecule has 0 atom stereocenters. The summed E-state index contributed by atoms with van der Waals surface area (Å²) in [7, 11) is 0. The lowest BCUT2D eigenvalue weighted by molar-refractivity contribution is -0.122. The SMILES string of the molecule is Nc1nc(CN2CCN(CC(=O)NCc3ccccc3)CC2)nc2ccccc12. The minimum Gasteiger partial charge on any atom is -0.383 e. The molecule has 1 aromatic heterocycles. The van der Waals surface area contributed by atoms with Crippen LogP contribution in [0.25, 0.3) is 10.9 Å². The van der Waals surface area contributed by atoms with Crippen molar-refractivity contribution in [3.8, 4) is 0 Å². The van der Waals surface area contributed by atoms with Gasteiger partial charge in [0, 0.05) is 38.1 Å². The molecular weight excluding hydrogens is 364 g/mol. The van der Waals surface area contributed by atoms with Gasteiger partial charge in [0.05, 0.1) is 18.6 Å². The van der Waals surface area contributed by atoms with Gasteiger partial charge in [-0.3, -0.25) is 14.6 Å². The molecule has 2 heterocycles. The van der Waals surface area contributed by atoms with Gasteiger partial charge in [-0.15, -0.1) is 0 Å². The summed E-state index contributed by atoms with van der Waals surface area (Å²) in [6.07, 6.45) is 0. The first-order valence-electron chi connectivity index (χ1n) is 9.94. The zero-order valence-electron chi connectivity index (χ0n) is 16.4. The van der Waals surface area contributed by atoms with Gasteiger partial charge in [-0.05, 0) is 17.7 Å². The third-order valence-corrected chi connectivity index (χ3v) is 5.21. The predicted molar refractivity (Wildman–Crippen MR) is 114 cm³/mol. The summed E-state index contributed by atoms with van der Waals surface area (Å²) in [6, 6.07) is 17.8. The minimum atomic E-state index is 0.0629. The second kappa shape index (κ2) is 8.98. The smallest absolute Gasteiger partial charge is 0.234 e. The van der Waals surface area contributed by atoms with Crippen molar-refractivity contribution in [3.05, 3.63) is 66.0 Å². The number of para-hydroxylation sites is 1. The summed E-state index contributed by atoms with van der Waals surface area (Å²) in [5.41, 5.74) is 8.08. The summed E-state index contributed by atoms with van der Waals surface area (Å²) in [5.74, 6) is 1.34. The molecule has 4 rings (SSSR count). The summed E-state index contributed by atoms with van der Waals surface area (Å²) < 4.78 is 0. The molecule has 1 amide bonds. The lowest BCUT2D eigenvalue weighted by Gasteiger charge is -2.33. The van der Waals surface area contributed by atoms with E-state index < -0.39 is 0 Å². The molecule has 0 unspecified atom stereocenters. The molecule has 0 bridgehead atoms. The van der Waals surface area contributed by atoms with Crippen molar-refractivity contribution in [2.24, 2.45) is 0 Å². The van der Waals surface area contributed by atoms with Crippen LogP contribution in [0, 0.1) is 0 Å². The summed E-state index contributed by atoms with van der Waals surface area (Å²) in [6.45, 7) is 5.12. The normalized spacial score (nSPS) is 15.4. The highest BCUT2D eigenvalue weighted by atomic mass is 16.2. The molecule has 0 spiro atoms. The van der Waals surface area contributed by atoms with Crippen LogP contribution in [0.5, 0.6) is 0 Å². The fraction of sp³-hybridized carbons (Fsp3) is 0.318. The monoisotopic (exact) mass is 390 g/mol. The van der Waals surface area contributed by atoms with Gasteiger partial charge in [-0.2, -0.15) is 0 Å². The van der Waals surface area contributed by atoms with Crippen LogP contribution in [-0.4, -0.2) is 58.4 Å². The van der Waals surface area contributed by atoms with E-state index in [-0.39, 0.29) is 5.91 Å². The lowest BCUT2D eigenvalue weighted by atomic mass is 10.2. The quantitative estimate of drug-likeness (QED) is 0.665. The molecule has 3 N–H and O–H groups in total. The Balaban J connectivity index is 1.25. The predicted octanol–water partition coefficient (Wildman–Crippen LogP) is 1.65. The van der Waals surface area contributed by atoms with E-state index in [4.69, 9.17) is 5.73 Å². The fourth-order valence-corrected chi connectivity index (χ4v) is 3.58. The van der Waals surface area contributed by atoms with Gasteiger partial charge in [-0.1, -0.05) is 42.5 Å². The second-order valence-corrected chi connectivity index (χ2v) is 7.36. The number of nitrogen functional groups attached to an aromatic ring is 1. The number of nitrogens with two attached hydrogens (primary N) is 1. The molecule has 0 saturated carbocycles. The van der Waals surface area contributed by atoms with E-state index in [2.05, 4.69) is 25.1 Å². The number of anilines is 1. The number of benzene rings is 2. The molecule has 0 radical (unpaired) electrons. The fourth-order valence-electron chi connectivity index (χ4n) is 3.58. The van der Waals surface area contributed by atoms with Crippen LogP contribution in [0.1, 0.15) is 11.4 Å². The first-order valence-corrected chi connectivity index (χ1v) is 9.94. The number of carbonyl (C=O) groups is 1. The van der Waals surface area contributed by atoms with E-state index in [9.17, 15) is 4.79 Å². The first-order chi connectivity index (χ1) is 14.2. The van der Waals surface area contributed by atoms with Crippen molar-refractivity contribution in [2.45, 2.75) is 13.1 Å². The Hall–Kier alpha value is -3.03. The Morgan fingerprint density at radius 2 is 1.62 bits per heavy atom. The van der Waals surface area contributed by atoms with E-state index in [1.807, 2.05) is 54.6 Å². The van der Waals surface area contributed by atoms with E-state index in [1.165, 1.54) is 0 Å². The van der Waals surface area contributed by atoms with Gasteiger partial charge in [0.2, 0.25) is 5.91 Å². The highest BCUT2D eigenvalue weighted by Crippen LogP contribution is 2.18. The number of hydrogen-bond donors (Lipinski definition) is 2. The minimum absolute atomic E-state index is 0.0629. The van der Waals surface area contributed by atoms with E-state index in [0.29, 0.717) is 25.5 Å². The number of piperazine rings is 1. The van der Waals surface area contributed by atoms with Crippen molar-refractivity contribution in [1.82, 2.24) is 25.1 Å². The molecule has 29 heavy (non-hydrogen) atoms. The number of aromatic nitrogens is 2. The number of amides is 1. The Labute approximate surface area is 170 Å². The van der Waals surface area contributed by atoms with Crippen molar-refractivity contribution in [3.63, 3.8) is 0 Å². The third-order valence-electron chi connectivity index (χ3n) is 5.21. The van der Waals surface area contributed by atoms with Crippen LogP contribution in [0.4, 0.5) is 5.82 Å². The van der Waals surface area contributed by atoms with E-state index in [1.54, 1.807) is 0 Å². The Kier molecular flexibility index (Phi) is 5.97. The molecule has 0 aliphatic carbocycles. The number of hydrogen-bond acceptors (Lipinski definition) is 6. The molecule has 3 aromatic rings. The number of fused-ring (bicyclic) bond motifs is 1. The van der Waals surface area contributed by atoms with Crippen LogP contribution in [0.15, 0.2) is 54.6 Å². The van der Waals surface area contributed by atoms with Crippen molar-refractivity contribution >= 4 is 22.6 Å². The average Bonchev–Trinajstić information content (AvgIpc) is 2.74. The Morgan fingerprint density at radius 3 is 2.41 bits per heavy atom. The van der Waals surface area contributed by atoms with Crippen LogP contribution in [0.3, 0.4) is 0 Å². The lowest BCUT2D eigenvalue weighted by Crippen LogP contribution is -2.49.